The zero-order chi connectivity index (χ0) is 20.2. The normalized spacial score (nSPS) is 14.7. The van der Waals surface area contributed by atoms with Gasteiger partial charge in [0.1, 0.15) is 17.1 Å². The SMILES string of the molecule is CCOc1ccccc1-c1cc(=O)c2ccc(NC(=O)C3CCCCC3)cc2o1. The van der Waals surface area contributed by atoms with Gasteiger partial charge in [0.05, 0.1) is 17.6 Å². The van der Waals surface area contributed by atoms with Gasteiger partial charge < -0.3 is 14.5 Å². The monoisotopic (exact) mass is 391 g/mol. The van der Waals surface area contributed by atoms with E-state index >= 15 is 0 Å². The van der Waals surface area contributed by atoms with Gasteiger partial charge in [0.2, 0.25) is 5.91 Å². The number of ether oxygens (including phenoxy) is 1. The number of fused-ring (bicyclic) bond motifs is 1. The quantitative estimate of drug-likeness (QED) is 0.634. The van der Waals surface area contributed by atoms with Crippen LogP contribution in [0.1, 0.15) is 39.0 Å². The smallest absolute Gasteiger partial charge is 0.227 e. The first-order valence-electron chi connectivity index (χ1n) is 10.3. The van der Waals surface area contributed by atoms with Crippen molar-refractivity contribution in [1.82, 2.24) is 0 Å². The van der Waals surface area contributed by atoms with Crippen LogP contribution in [0.3, 0.4) is 0 Å². The van der Waals surface area contributed by atoms with E-state index in [0.717, 1.165) is 31.2 Å². The van der Waals surface area contributed by atoms with E-state index < -0.39 is 0 Å². The second-order valence-electron chi connectivity index (χ2n) is 7.44. The van der Waals surface area contributed by atoms with Crippen LogP contribution >= 0.6 is 0 Å². The third kappa shape index (κ3) is 4.19. The Morgan fingerprint density at radius 2 is 1.90 bits per heavy atom. The molecule has 0 unspecified atom stereocenters. The third-order valence-corrected chi connectivity index (χ3v) is 5.43. The first-order chi connectivity index (χ1) is 14.2. The summed E-state index contributed by atoms with van der Waals surface area (Å²) in [4.78, 5) is 25.2. The van der Waals surface area contributed by atoms with Crippen molar-refractivity contribution >= 4 is 22.6 Å². The average molecular weight is 391 g/mol. The predicted molar refractivity (Wildman–Crippen MR) is 114 cm³/mol. The molecule has 0 radical (unpaired) electrons. The van der Waals surface area contributed by atoms with Crippen LogP contribution in [0.4, 0.5) is 5.69 Å². The Hall–Kier alpha value is -3.08. The van der Waals surface area contributed by atoms with E-state index in [1.54, 1.807) is 18.2 Å². The highest BCUT2D eigenvalue weighted by molar-refractivity contribution is 5.94. The number of carbonyl (C=O) groups is 1. The molecule has 1 saturated carbocycles. The Labute approximate surface area is 169 Å². The number of amides is 1. The van der Waals surface area contributed by atoms with E-state index in [-0.39, 0.29) is 17.3 Å². The van der Waals surface area contributed by atoms with Crippen LogP contribution in [0.5, 0.6) is 5.75 Å². The maximum absolute atomic E-state index is 12.6. The van der Waals surface area contributed by atoms with Crippen molar-refractivity contribution in [2.75, 3.05) is 11.9 Å². The zero-order valence-electron chi connectivity index (χ0n) is 16.6. The molecule has 0 aliphatic heterocycles. The predicted octanol–water partition coefficient (Wildman–Crippen LogP) is 5.38. The van der Waals surface area contributed by atoms with E-state index in [1.807, 2.05) is 31.2 Å². The topological polar surface area (TPSA) is 68.5 Å². The van der Waals surface area contributed by atoms with E-state index in [9.17, 15) is 9.59 Å². The van der Waals surface area contributed by atoms with E-state index in [0.29, 0.717) is 34.8 Å². The van der Waals surface area contributed by atoms with Crippen LogP contribution < -0.4 is 15.5 Å². The summed E-state index contributed by atoms with van der Waals surface area (Å²) in [6, 6.07) is 14.2. The largest absolute Gasteiger partial charge is 0.493 e. The van der Waals surface area contributed by atoms with Gasteiger partial charge in [-0.25, -0.2) is 0 Å². The lowest BCUT2D eigenvalue weighted by atomic mass is 9.88. The third-order valence-electron chi connectivity index (χ3n) is 5.43. The first-order valence-corrected chi connectivity index (χ1v) is 10.3. The minimum atomic E-state index is -0.127. The Kier molecular flexibility index (Phi) is 5.65. The Balaban J connectivity index is 1.67. The second-order valence-corrected chi connectivity index (χ2v) is 7.44. The fraction of sp³-hybridized carbons (Fsp3) is 0.333. The second kappa shape index (κ2) is 8.52. The number of nitrogens with one attached hydrogen (secondary N) is 1. The standard InChI is InChI=1S/C24H25NO4/c1-2-28-21-11-7-6-10-19(21)23-15-20(26)18-13-12-17(14-22(18)29-23)25-24(27)16-8-4-3-5-9-16/h6-7,10-16H,2-5,8-9H2,1H3,(H,25,27). The summed E-state index contributed by atoms with van der Waals surface area (Å²) in [6.07, 6.45) is 5.29. The average Bonchev–Trinajstić information content (AvgIpc) is 2.75. The summed E-state index contributed by atoms with van der Waals surface area (Å²) in [5.41, 5.74) is 1.69. The Bertz CT molecular complexity index is 1080. The van der Waals surface area contributed by atoms with Gasteiger partial charge in [-0.15, -0.1) is 0 Å². The van der Waals surface area contributed by atoms with Crippen LogP contribution in [-0.4, -0.2) is 12.5 Å². The van der Waals surface area contributed by atoms with Gasteiger partial charge in [0.25, 0.3) is 0 Å². The van der Waals surface area contributed by atoms with Crippen molar-refractivity contribution in [2.24, 2.45) is 5.92 Å². The number of para-hydroxylation sites is 1. The highest BCUT2D eigenvalue weighted by atomic mass is 16.5. The molecule has 2 aromatic carbocycles. The molecule has 1 fully saturated rings. The number of carbonyl (C=O) groups excluding carboxylic acids is 1. The molecule has 1 aromatic heterocycles. The van der Waals surface area contributed by atoms with Crippen molar-refractivity contribution in [3.05, 3.63) is 58.8 Å². The molecule has 150 valence electrons. The van der Waals surface area contributed by atoms with Crippen molar-refractivity contribution in [2.45, 2.75) is 39.0 Å². The fourth-order valence-electron chi connectivity index (χ4n) is 3.93. The van der Waals surface area contributed by atoms with Crippen LogP contribution in [0, 0.1) is 5.92 Å². The summed E-state index contributed by atoms with van der Waals surface area (Å²) in [7, 11) is 0. The van der Waals surface area contributed by atoms with Crippen molar-refractivity contribution in [3.63, 3.8) is 0 Å². The van der Waals surface area contributed by atoms with Gasteiger partial charge in [-0.3, -0.25) is 9.59 Å². The molecule has 1 N–H and O–H groups in total. The highest BCUT2D eigenvalue weighted by Gasteiger charge is 2.21. The Morgan fingerprint density at radius 1 is 1.10 bits per heavy atom. The lowest BCUT2D eigenvalue weighted by Crippen LogP contribution is -2.24. The number of anilines is 1. The molecule has 0 bridgehead atoms. The van der Waals surface area contributed by atoms with E-state index in [1.165, 1.54) is 12.5 Å². The molecule has 4 rings (SSSR count). The zero-order valence-corrected chi connectivity index (χ0v) is 16.6. The minimum Gasteiger partial charge on any atom is -0.493 e. The number of hydrogen-bond acceptors (Lipinski definition) is 4. The van der Waals surface area contributed by atoms with Crippen LogP contribution in [0.2, 0.25) is 0 Å². The van der Waals surface area contributed by atoms with Gasteiger partial charge >= 0.3 is 0 Å². The number of benzene rings is 2. The molecule has 0 atom stereocenters. The molecule has 5 nitrogen and oxygen atoms in total. The first kappa shape index (κ1) is 19.2. The lowest BCUT2D eigenvalue weighted by molar-refractivity contribution is -0.120. The van der Waals surface area contributed by atoms with Crippen molar-refractivity contribution < 1.29 is 13.9 Å². The van der Waals surface area contributed by atoms with Crippen LogP contribution in [-0.2, 0) is 4.79 Å². The van der Waals surface area contributed by atoms with Gasteiger partial charge in [0, 0.05) is 23.7 Å². The van der Waals surface area contributed by atoms with Crippen molar-refractivity contribution in [1.29, 1.82) is 0 Å². The summed E-state index contributed by atoms with van der Waals surface area (Å²) in [6.45, 7) is 2.43. The maximum Gasteiger partial charge on any atom is 0.227 e. The highest BCUT2D eigenvalue weighted by Crippen LogP contribution is 2.31. The summed E-state index contributed by atoms with van der Waals surface area (Å²) in [5.74, 6) is 1.22. The number of hydrogen-bond donors (Lipinski definition) is 1. The van der Waals surface area contributed by atoms with Gasteiger partial charge in [-0.2, -0.15) is 0 Å². The molecule has 0 saturated heterocycles. The molecule has 3 aromatic rings. The van der Waals surface area contributed by atoms with Crippen LogP contribution in [0.15, 0.2) is 57.7 Å². The molecule has 0 spiro atoms. The molecule has 1 aliphatic carbocycles. The summed E-state index contributed by atoms with van der Waals surface area (Å²) < 4.78 is 11.7. The van der Waals surface area contributed by atoms with Crippen LogP contribution in [0.25, 0.3) is 22.3 Å². The molecule has 29 heavy (non-hydrogen) atoms. The minimum absolute atomic E-state index is 0.0456. The molecule has 5 heteroatoms. The molecular formula is C24H25NO4. The molecule has 1 aliphatic rings. The summed E-state index contributed by atoms with van der Waals surface area (Å²) in [5, 5.41) is 3.47. The number of rotatable bonds is 5. The maximum atomic E-state index is 12.6. The Morgan fingerprint density at radius 3 is 2.69 bits per heavy atom. The lowest BCUT2D eigenvalue weighted by Gasteiger charge is -2.20. The molecule has 1 heterocycles. The summed E-state index contributed by atoms with van der Waals surface area (Å²) >= 11 is 0. The fourth-order valence-corrected chi connectivity index (χ4v) is 3.93. The van der Waals surface area contributed by atoms with Gasteiger partial charge in [-0.1, -0.05) is 31.4 Å². The molecule has 1 amide bonds. The van der Waals surface area contributed by atoms with Gasteiger partial charge in [0.15, 0.2) is 5.43 Å². The van der Waals surface area contributed by atoms with Gasteiger partial charge in [-0.05, 0) is 44.0 Å². The van der Waals surface area contributed by atoms with E-state index in [2.05, 4.69) is 5.32 Å². The molecular weight excluding hydrogens is 366 g/mol. The van der Waals surface area contributed by atoms with E-state index in [4.69, 9.17) is 9.15 Å². The van der Waals surface area contributed by atoms with Crippen molar-refractivity contribution in [3.8, 4) is 17.1 Å².